The van der Waals surface area contributed by atoms with Gasteiger partial charge in [0.05, 0.1) is 17.6 Å². The summed E-state index contributed by atoms with van der Waals surface area (Å²) in [5.41, 5.74) is 3.45. The molecular weight excluding hydrogens is 310 g/mol. The largest absolute Gasteiger partial charge is 0.478 e. The first-order valence-corrected chi connectivity index (χ1v) is 7.48. The second-order valence-electron chi connectivity index (χ2n) is 4.19. The van der Waals surface area contributed by atoms with Gasteiger partial charge in [-0.25, -0.2) is 10.3 Å². The quantitative estimate of drug-likeness (QED) is 0.671. The molecule has 0 spiro atoms. The van der Waals surface area contributed by atoms with Gasteiger partial charge in [-0.2, -0.15) is 4.28 Å². The van der Waals surface area contributed by atoms with Crippen LogP contribution in [0.4, 0.5) is 0 Å². The molecule has 21 heavy (non-hydrogen) atoms. The van der Waals surface area contributed by atoms with Gasteiger partial charge in [-0.1, -0.05) is 12.1 Å². The summed E-state index contributed by atoms with van der Waals surface area (Å²) in [7, 11) is 0. The van der Waals surface area contributed by atoms with Crippen LogP contribution < -0.4 is 5.48 Å². The number of aromatic carboxylic acids is 1. The summed E-state index contributed by atoms with van der Waals surface area (Å²) in [6, 6.07) is 10.5. The molecule has 2 N–H and O–H groups in total. The predicted molar refractivity (Wildman–Crippen MR) is 81.5 cm³/mol. The van der Waals surface area contributed by atoms with Crippen LogP contribution in [0.2, 0.25) is 0 Å². The van der Waals surface area contributed by atoms with Crippen molar-refractivity contribution in [2.45, 2.75) is 0 Å². The van der Waals surface area contributed by atoms with Crippen LogP contribution in [0, 0.1) is 0 Å². The average molecular weight is 319 g/mol. The van der Waals surface area contributed by atoms with E-state index in [0.717, 1.165) is 27.4 Å². The molecule has 2 aromatic rings. The third-order valence-corrected chi connectivity index (χ3v) is 4.54. The summed E-state index contributed by atoms with van der Waals surface area (Å²) in [6.07, 6.45) is 1.76. The fourth-order valence-electron chi connectivity index (χ4n) is 1.77. The molecule has 0 unspecified atom stereocenters. The Labute approximate surface area is 128 Å². The van der Waals surface area contributed by atoms with Crippen LogP contribution in [0.1, 0.15) is 15.2 Å². The standard InChI is InChI=1S/C14H9NO4S2/c16-13-12(21-19-15-13)7-10-5-6-11(20-10)8-1-3-9(4-2-8)14(17)18/h1-7H,(H,15,16)(H,17,18). The SMILES string of the molecule is O=C1NOSC1=Cc1ccc(-c2ccc(C(=O)O)cc2)s1. The average Bonchev–Trinajstić information content (AvgIpc) is 3.10. The van der Waals surface area contributed by atoms with Crippen molar-refractivity contribution in [3.63, 3.8) is 0 Å². The van der Waals surface area contributed by atoms with Crippen LogP contribution in [0.5, 0.6) is 0 Å². The van der Waals surface area contributed by atoms with E-state index in [-0.39, 0.29) is 11.5 Å². The number of hydrogen-bond donors (Lipinski definition) is 2. The van der Waals surface area contributed by atoms with Crippen LogP contribution in [-0.2, 0) is 9.08 Å². The zero-order chi connectivity index (χ0) is 14.8. The van der Waals surface area contributed by atoms with Gasteiger partial charge < -0.3 is 5.11 Å². The maximum absolute atomic E-state index is 11.4. The zero-order valence-electron chi connectivity index (χ0n) is 10.5. The van der Waals surface area contributed by atoms with Gasteiger partial charge in [-0.15, -0.1) is 11.3 Å². The number of carboxylic acids is 1. The van der Waals surface area contributed by atoms with Gasteiger partial charge in [0, 0.05) is 9.75 Å². The Kier molecular flexibility index (Phi) is 3.78. The molecule has 5 nitrogen and oxygen atoms in total. The van der Waals surface area contributed by atoms with Crippen molar-refractivity contribution in [3.8, 4) is 10.4 Å². The lowest BCUT2D eigenvalue weighted by atomic mass is 10.1. The lowest BCUT2D eigenvalue weighted by Gasteiger charge is -1.98. The Morgan fingerprint density at radius 3 is 2.57 bits per heavy atom. The van der Waals surface area contributed by atoms with E-state index < -0.39 is 5.97 Å². The number of benzene rings is 1. The van der Waals surface area contributed by atoms with E-state index in [9.17, 15) is 9.59 Å². The molecule has 1 aliphatic rings. The summed E-state index contributed by atoms with van der Waals surface area (Å²) >= 11 is 2.51. The number of hydrogen-bond acceptors (Lipinski definition) is 5. The van der Waals surface area contributed by atoms with Crippen LogP contribution in [0.25, 0.3) is 16.5 Å². The summed E-state index contributed by atoms with van der Waals surface area (Å²) in [5, 5.41) is 8.88. The number of carbonyl (C=O) groups excluding carboxylic acids is 1. The van der Waals surface area contributed by atoms with Crippen LogP contribution in [0.15, 0.2) is 41.3 Å². The fraction of sp³-hybridized carbons (Fsp3) is 0. The highest BCUT2D eigenvalue weighted by atomic mass is 32.2. The molecule has 1 aliphatic heterocycles. The summed E-state index contributed by atoms with van der Waals surface area (Å²) < 4.78 is 4.77. The molecule has 0 bridgehead atoms. The van der Waals surface area contributed by atoms with E-state index in [0.29, 0.717) is 4.91 Å². The van der Waals surface area contributed by atoms with Gasteiger partial charge in [-0.05, 0) is 35.9 Å². The predicted octanol–water partition coefficient (Wildman–Crippen LogP) is 3.16. The first-order chi connectivity index (χ1) is 10.1. The molecule has 1 aromatic heterocycles. The van der Waals surface area contributed by atoms with E-state index in [2.05, 4.69) is 5.48 Å². The van der Waals surface area contributed by atoms with Gasteiger partial charge in [0.15, 0.2) is 0 Å². The molecule has 1 saturated heterocycles. The van der Waals surface area contributed by atoms with Crippen LogP contribution in [-0.4, -0.2) is 17.0 Å². The van der Waals surface area contributed by atoms with E-state index >= 15 is 0 Å². The van der Waals surface area contributed by atoms with Crippen molar-refractivity contribution in [1.29, 1.82) is 0 Å². The van der Waals surface area contributed by atoms with E-state index in [1.807, 2.05) is 12.1 Å². The Morgan fingerprint density at radius 2 is 1.95 bits per heavy atom. The number of rotatable bonds is 3. The number of amides is 1. The topological polar surface area (TPSA) is 75.6 Å². The maximum atomic E-state index is 11.4. The van der Waals surface area contributed by atoms with E-state index in [1.165, 1.54) is 11.3 Å². The number of carboxylic acid groups (broad SMARTS) is 1. The van der Waals surface area contributed by atoms with Crippen molar-refractivity contribution < 1.29 is 19.0 Å². The van der Waals surface area contributed by atoms with Gasteiger partial charge in [-0.3, -0.25) is 4.79 Å². The minimum atomic E-state index is -0.942. The second kappa shape index (κ2) is 5.72. The second-order valence-corrected chi connectivity index (χ2v) is 6.08. The van der Waals surface area contributed by atoms with Gasteiger partial charge in [0.1, 0.15) is 4.91 Å². The fourth-order valence-corrected chi connectivity index (χ4v) is 3.30. The molecular formula is C14H9NO4S2. The smallest absolute Gasteiger partial charge is 0.335 e. The van der Waals surface area contributed by atoms with Crippen molar-refractivity contribution in [1.82, 2.24) is 5.48 Å². The highest BCUT2D eigenvalue weighted by Gasteiger charge is 2.19. The Bertz CT molecular complexity index is 734. The molecule has 1 aromatic carbocycles. The number of carbonyl (C=O) groups is 2. The van der Waals surface area contributed by atoms with Crippen molar-refractivity contribution in [3.05, 3.63) is 51.7 Å². The number of thiophene rings is 1. The molecule has 1 amide bonds. The normalized spacial score (nSPS) is 16.2. The molecule has 0 aliphatic carbocycles. The minimum Gasteiger partial charge on any atom is -0.478 e. The lowest BCUT2D eigenvalue weighted by molar-refractivity contribution is -0.120. The Morgan fingerprint density at radius 1 is 1.19 bits per heavy atom. The first-order valence-electron chi connectivity index (χ1n) is 5.92. The molecule has 2 heterocycles. The van der Waals surface area contributed by atoms with Crippen molar-refractivity contribution >= 4 is 41.3 Å². The van der Waals surface area contributed by atoms with Crippen LogP contribution in [0.3, 0.4) is 0 Å². The minimum absolute atomic E-state index is 0.249. The summed E-state index contributed by atoms with van der Waals surface area (Å²) in [4.78, 5) is 24.6. The molecule has 0 saturated carbocycles. The molecule has 7 heteroatoms. The summed E-state index contributed by atoms with van der Waals surface area (Å²) in [5.74, 6) is -1.19. The molecule has 0 atom stereocenters. The monoisotopic (exact) mass is 319 g/mol. The molecule has 106 valence electrons. The Hall–Kier alpha value is -2.09. The summed E-state index contributed by atoms with van der Waals surface area (Å²) in [6.45, 7) is 0. The van der Waals surface area contributed by atoms with Gasteiger partial charge in [0.2, 0.25) is 0 Å². The van der Waals surface area contributed by atoms with E-state index in [1.54, 1.807) is 30.3 Å². The highest BCUT2D eigenvalue weighted by Crippen LogP contribution is 2.32. The number of hydroxylamine groups is 1. The highest BCUT2D eigenvalue weighted by molar-refractivity contribution is 8.00. The lowest BCUT2D eigenvalue weighted by Crippen LogP contribution is -2.12. The molecule has 0 radical (unpaired) electrons. The van der Waals surface area contributed by atoms with Crippen molar-refractivity contribution in [2.75, 3.05) is 0 Å². The maximum Gasteiger partial charge on any atom is 0.335 e. The molecule has 3 rings (SSSR count). The van der Waals surface area contributed by atoms with Gasteiger partial charge >= 0.3 is 5.97 Å². The zero-order valence-corrected chi connectivity index (χ0v) is 12.2. The van der Waals surface area contributed by atoms with Gasteiger partial charge in [0.25, 0.3) is 5.91 Å². The van der Waals surface area contributed by atoms with E-state index in [4.69, 9.17) is 9.39 Å². The first kappa shape index (κ1) is 13.9. The third kappa shape index (κ3) is 2.99. The van der Waals surface area contributed by atoms with Crippen molar-refractivity contribution in [2.24, 2.45) is 0 Å². The third-order valence-electron chi connectivity index (χ3n) is 2.81. The van der Waals surface area contributed by atoms with Crippen LogP contribution >= 0.6 is 23.4 Å². The number of nitrogens with one attached hydrogen (secondary N) is 1. The Balaban J connectivity index is 1.84. The molecule has 1 fully saturated rings.